The first-order valence-corrected chi connectivity index (χ1v) is 6.11. The lowest BCUT2D eigenvalue weighted by Gasteiger charge is -2.07. The summed E-state index contributed by atoms with van der Waals surface area (Å²) in [4.78, 5) is 23.1. The summed E-state index contributed by atoms with van der Waals surface area (Å²) in [6.45, 7) is 0. The molecule has 0 unspecified atom stereocenters. The van der Waals surface area contributed by atoms with E-state index in [9.17, 15) is 9.59 Å². The third-order valence-electron chi connectivity index (χ3n) is 2.67. The topological polar surface area (TPSA) is 98.2 Å². The van der Waals surface area contributed by atoms with Crippen LogP contribution < -0.4 is 16.8 Å². The van der Waals surface area contributed by atoms with Crippen LogP contribution in [0.2, 0.25) is 5.02 Å². The van der Waals surface area contributed by atoms with Gasteiger partial charge in [-0.3, -0.25) is 9.59 Å². The summed E-state index contributed by atoms with van der Waals surface area (Å²) in [6.07, 6.45) is 0. The summed E-state index contributed by atoms with van der Waals surface area (Å²) in [5.74, 6) is -0.912. The van der Waals surface area contributed by atoms with E-state index in [0.717, 1.165) is 0 Å². The number of hydrogen-bond acceptors (Lipinski definition) is 3. The van der Waals surface area contributed by atoms with E-state index >= 15 is 0 Å². The number of anilines is 2. The van der Waals surface area contributed by atoms with Gasteiger partial charge in [0.15, 0.2) is 0 Å². The third-order valence-corrected chi connectivity index (χ3v) is 2.99. The maximum atomic E-state index is 12.0. The van der Waals surface area contributed by atoms with Gasteiger partial charge in [0.05, 0.1) is 10.7 Å². The molecule has 0 heterocycles. The standard InChI is InChI=1S/C14H12ClN3O2/c15-11-7-9(4-5-12(11)16)14(20)18-10-3-1-2-8(6-10)13(17)19/h1-7H,16H2,(H2,17,19)(H,18,20). The minimum Gasteiger partial charge on any atom is -0.398 e. The van der Waals surface area contributed by atoms with Crippen LogP contribution in [0.25, 0.3) is 0 Å². The predicted molar refractivity (Wildman–Crippen MR) is 78.8 cm³/mol. The normalized spacial score (nSPS) is 10.1. The monoisotopic (exact) mass is 289 g/mol. The minimum atomic E-state index is -0.559. The molecule has 2 amide bonds. The number of nitrogens with one attached hydrogen (secondary N) is 1. The van der Waals surface area contributed by atoms with Crippen LogP contribution in [-0.2, 0) is 0 Å². The maximum absolute atomic E-state index is 12.0. The molecule has 0 aliphatic carbocycles. The fraction of sp³-hybridized carbons (Fsp3) is 0. The van der Waals surface area contributed by atoms with Crippen molar-refractivity contribution in [1.82, 2.24) is 0 Å². The predicted octanol–water partition coefficient (Wildman–Crippen LogP) is 2.27. The highest BCUT2D eigenvalue weighted by Gasteiger charge is 2.09. The number of carbonyl (C=O) groups excluding carboxylic acids is 2. The first-order valence-electron chi connectivity index (χ1n) is 5.73. The van der Waals surface area contributed by atoms with Gasteiger partial charge >= 0.3 is 0 Å². The molecule has 0 aliphatic rings. The minimum absolute atomic E-state index is 0.309. The Hall–Kier alpha value is -2.53. The molecule has 5 N–H and O–H groups in total. The number of nitrogen functional groups attached to an aromatic ring is 1. The smallest absolute Gasteiger partial charge is 0.255 e. The molecule has 6 heteroatoms. The second-order valence-electron chi connectivity index (χ2n) is 4.14. The van der Waals surface area contributed by atoms with E-state index in [4.69, 9.17) is 23.1 Å². The highest BCUT2D eigenvalue weighted by atomic mass is 35.5. The van der Waals surface area contributed by atoms with Gasteiger partial charge in [-0.1, -0.05) is 17.7 Å². The van der Waals surface area contributed by atoms with Crippen molar-refractivity contribution in [3.8, 4) is 0 Å². The molecule has 0 atom stereocenters. The number of halogens is 1. The number of hydrogen-bond donors (Lipinski definition) is 3. The molecule has 5 nitrogen and oxygen atoms in total. The fourth-order valence-corrected chi connectivity index (χ4v) is 1.80. The van der Waals surface area contributed by atoms with Crippen LogP contribution in [0.3, 0.4) is 0 Å². The van der Waals surface area contributed by atoms with Crippen molar-refractivity contribution >= 4 is 34.8 Å². The number of nitrogens with two attached hydrogens (primary N) is 2. The highest BCUT2D eigenvalue weighted by Crippen LogP contribution is 2.20. The fourth-order valence-electron chi connectivity index (χ4n) is 1.62. The lowest BCUT2D eigenvalue weighted by molar-refractivity contribution is 0.0996. The molecular weight excluding hydrogens is 278 g/mol. The quantitative estimate of drug-likeness (QED) is 0.756. The van der Waals surface area contributed by atoms with E-state index in [1.54, 1.807) is 30.3 Å². The molecule has 102 valence electrons. The molecular formula is C14H12ClN3O2. The molecule has 0 saturated heterocycles. The lowest BCUT2D eigenvalue weighted by atomic mass is 10.1. The van der Waals surface area contributed by atoms with Gasteiger partial charge in [-0.05, 0) is 36.4 Å². The van der Waals surface area contributed by atoms with Crippen LogP contribution in [0.5, 0.6) is 0 Å². The Balaban J connectivity index is 2.21. The number of primary amides is 1. The van der Waals surface area contributed by atoms with Crippen molar-refractivity contribution in [2.45, 2.75) is 0 Å². The van der Waals surface area contributed by atoms with Crippen LogP contribution in [0.1, 0.15) is 20.7 Å². The zero-order valence-electron chi connectivity index (χ0n) is 10.4. The van der Waals surface area contributed by atoms with Crippen LogP contribution in [0.4, 0.5) is 11.4 Å². The Morgan fingerprint density at radius 2 is 1.80 bits per heavy atom. The SMILES string of the molecule is NC(=O)c1cccc(NC(=O)c2ccc(N)c(Cl)c2)c1. The second-order valence-corrected chi connectivity index (χ2v) is 4.54. The summed E-state index contributed by atoms with van der Waals surface area (Å²) < 4.78 is 0. The number of amides is 2. The zero-order valence-corrected chi connectivity index (χ0v) is 11.1. The van der Waals surface area contributed by atoms with Gasteiger partial charge in [0, 0.05) is 16.8 Å². The largest absolute Gasteiger partial charge is 0.398 e. The lowest BCUT2D eigenvalue weighted by Crippen LogP contribution is -2.14. The molecule has 0 bridgehead atoms. The van der Waals surface area contributed by atoms with Gasteiger partial charge in [-0.15, -0.1) is 0 Å². The Kier molecular flexibility index (Phi) is 3.91. The Bertz CT molecular complexity index is 686. The second kappa shape index (κ2) is 5.63. The van der Waals surface area contributed by atoms with E-state index in [0.29, 0.717) is 27.5 Å². The molecule has 0 aliphatic heterocycles. The van der Waals surface area contributed by atoms with E-state index in [2.05, 4.69) is 5.32 Å². The average molecular weight is 290 g/mol. The van der Waals surface area contributed by atoms with Crippen molar-refractivity contribution < 1.29 is 9.59 Å². The summed E-state index contributed by atoms with van der Waals surface area (Å²) in [5.41, 5.74) is 12.3. The number of carbonyl (C=O) groups is 2. The van der Waals surface area contributed by atoms with Crippen molar-refractivity contribution in [1.29, 1.82) is 0 Å². The molecule has 2 aromatic carbocycles. The van der Waals surface area contributed by atoms with Crippen LogP contribution in [-0.4, -0.2) is 11.8 Å². The Labute approximate surface area is 120 Å². The van der Waals surface area contributed by atoms with Crippen molar-refractivity contribution in [2.75, 3.05) is 11.1 Å². The summed E-state index contributed by atoms with van der Waals surface area (Å²) in [5, 5.41) is 2.96. The van der Waals surface area contributed by atoms with Gasteiger partial charge in [0.2, 0.25) is 5.91 Å². The molecule has 0 fully saturated rings. The molecule has 0 aromatic heterocycles. The van der Waals surface area contributed by atoms with E-state index in [1.807, 2.05) is 0 Å². The third kappa shape index (κ3) is 3.07. The van der Waals surface area contributed by atoms with Crippen LogP contribution in [0.15, 0.2) is 42.5 Å². The van der Waals surface area contributed by atoms with E-state index in [1.165, 1.54) is 12.1 Å². The average Bonchev–Trinajstić information content (AvgIpc) is 2.42. The summed E-state index contributed by atoms with van der Waals surface area (Å²) in [7, 11) is 0. The Morgan fingerprint density at radius 3 is 2.45 bits per heavy atom. The van der Waals surface area contributed by atoms with Gasteiger partial charge in [0.1, 0.15) is 0 Å². The molecule has 0 spiro atoms. The van der Waals surface area contributed by atoms with Crippen LogP contribution in [0, 0.1) is 0 Å². The number of benzene rings is 2. The number of rotatable bonds is 3. The van der Waals surface area contributed by atoms with Gasteiger partial charge in [0.25, 0.3) is 5.91 Å². The molecule has 2 aromatic rings. The molecule has 0 saturated carbocycles. The van der Waals surface area contributed by atoms with Crippen molar-refractivity contribution in [3.05, 3.63) is 58.6 Å². The van der Waals surface area contributed by atoms with Crippen LogP contribution >= 0.6 is 11.6 Å². The van der Waals surface area contributed by atoms with E-state index < -0.39 is 5.91 Å². The Morgan fingerprint density at radius 1 is 1.05 bits per heavy atom. The van der Waals surface area contributed by atoms with Gasteiger partial charge < -0.3 is 16.8 Å². The van der Waals surface area contributed by atoms with Crippen molar-refractivity contribution in [2.24, 2.45) is 5.73 Å². The first-order chi connectivity index (χ1) is 9.47. The van der Waals surface area contributed by atoms with E-state index in [-0.39, 0.29) is 5.91 Å². The first kappa shape index (κ1) is 13.9. The molecule has 2 rings (SSSR count). The maximum Gasteiger partial charge on any atom is 0.255 e. The zero-order chi connectivity index (χ0) is 14.7. The summed E-state index contributed by atoms with van der Waals surface area (Å²) in [6, 6.07) is 10.9. The van der Waals surface area contributed by atoms with Gasteiger partial charge in [-0.2, -0.15) is 0 Å². The summed E-state index contributed by atoms with van der Waals surface area (Å²) >= 11 is 5.86. The van der Waals surface area contributed by atoms with Crippen molar-refractivity contribution in [3.63, 3.8) is 0 Å². The molecule has 0 radical (unpaired) electrons. The molecule has 20 heavy (non-hydrogen) atoms. The van der Waals surface area contributed by atoms with Gasteiger partial charge in [-0.25, -0.2) is 0 Å². The highest BCUT2D eigenvalue weighted by molar-refractivity contribution is 6.33.